The van der Waals surface area contributed by atoms with Gasteiger partial charge in [0.15, 0.2) is 0 Å². The Labute approximate surface area is 86.4 Å². The molecule has 82 valence electrons. The van der Waals surface area contributed by atoms with Crippen molar-refractivity contribution in [1.82, 2.24) is 0 Å². The average Bonchev–Trinajstić information content (AvgIpc) is 2.17. The van der Waals surface area contributed by atoms with E-state index in [-0.39, 0.29) is 6.04 Å². The molecule has 0 bridgehead atoms. The van der Waals surface area contributed by atoms with E-state index in [4.69, 9.17) is 5.73 Å². The quantitative estimate of drug-likeness (QED) is 0.769. The minimum Gasteiger partial charge on any atom is -0.324 e. The van der Waals surface area contributed by atoms with Crippen molar-refractivity contribution in [2.75, 3.05) is 0 Å². The summed E-state index contributed by atoms with van der Waals surface area (Å²) in [6, 6.07) is 4.59. The van der Waals surface area contributed by atoms with Gasteiger partial charge in [-0.1, -0.05) is 18.2 Å². The molecule has 0 aromatic heterocycles. The predicted molar refractivity (Wildman–Crippen MR) is 53.2 cm³/mol. The van der Waals surface area contributed by atoms with Gasteiger partial charge in [-0.3, -0.25) is 0 Å². The van der Waals surface area contributed by atoms with E-state index >= 15 is 0 Å². The van der Waals surface area contributed by atoms with Crippen molar-refractivity contribution in [2.24, 2.45) is 5.73 Å². The third-order valence-electron chi connectivity index (χ3n) is 2.09. The summed E-state index contributed by atoms with van der Waals surface area (Å²) in [4.78, 5) is 0. The SMILES string of the molecule is C=CC[C@@H](N)c1ccc(C(F)(F)F)cc1. The summed E-state index contributed by atoms with van der Waals surface area (Å²) in [6.45, 7) is 3.52. The molecule has 2 N–H and O–H groups in total. The van der Waals surface area contributed by atoms with Crippen LogP contribution in [0.2, 0.25) is 0 Å². The van der Waals surface area contributed by atoms with Gasteiger partial charge in [0, 0.05) is 6.04 Å². The Morgan fingerprint density at radius 1 is 1.27 bits per heavy atom. The van der Waals surface area contributed by atoms with Gasteiger partial charge in [-0.05, 0) is 24.1 Å². The molecule has 1 atom stereocenters. The molecule has 0 unspecified atom stereocenters. The summed E-state index contributed by atoms with van der Waals surface area (Å²) in [5.41, 5.74) is 5.74. The molecule has 1 aromatic rings. The average molecular weight is 215 g/mol. The van der Waals surface area contributed by atoms with E-state index in [1.54, 1.807) is 6.08 Å². The molecule has 1 rings (SSSR count). The van der Waals surface area contributed by atoms with Gasteiger partial charge in [-0.15, -0.1) is 6.58 Å². The van der Waals surface area contributed by atoms with E-state index in [9.17, 15) is 13.2 Å². The molecule has 0 aliphatic heterocycles. The first-order chi connectivity index (χ1) is 6.95. The molecule has 1 aromatic carbocycles. The molecule has 0 aliphatic rings. The molecule has 4 heteroatoms. The highest BCUT2D eigenvalue weighted by Crippen LogP contribution is 2.29. The molecule has 15 heavy (non-hydrogen) atoms. The molecule has 0 saturated carbocycles. The van der Waals surface area contributed by atoms with Crippen molar-refractivity contribution in [2.45, 2.75) is 18.6 Å². The van der Waals surface area contributed by atoms with Crippen molar-refractivity contribution in [3.8, 4) is 0 Å². The number of hydrogen-bond donors (Lipinski definition) is 1. The van der Waals surface area contributed by atoms with Crippen LogP contribution in [-0.4, -0.2) is 0 Å². The first-order valence-corrected chi connectivity index (χ1v) is 4.49. The summed E-state index contributed by atoms with van der Waals surface area (Å²) in [5, 5.41) is 0. The topological polar surface area (TPSA) is 26.0 Å². The third-order valence-corrected chi connectivity index (χ3v) is 2.09. The molecule has 0 heterocycles. The van der Waals surface area contributed by atoms with Crippen LogP contribution in [0.15, 0.2) is 36.9 Å². The third kappa shape index (κ3) is 3.09. The zero-order valence-electron chi connectivity index (χ0n) is 8.09. The number of alkyl halides is 3. The van der Waals surface area contributed by atoms with E-state index in [0.717, 1.165) is 12.1 Å². The first-order valence-electron chi connectivity index (χ1n) is 4.49. The van der Waals surface area contributed by atoms with Gasteiger partial charge in [-0.2, -0.15) is 13.2 Å². The highest BCUT2D eigenvalue weighted by molar-refractivity contribution is 5.26. The summed E-state index contributed by atoms with van der Waals surface area (Å²) in [5.74, 6) is 0. The minimum absolute atomic E-state index is 0.287. The fraction of sp³-hybridized carbons (Fsp3) is 0.273. The Morgan fingerprint density at radius 2 is 1.80 bits per heavy atom. The summed E-state index contributed by atoms with van der Waals surface area (Å²) < 4.78 is 36.7. The number of benzene rings is 1. The minimum atomic E-state index is -4.29. The lowest BCUT2D eigenvalue weighted by Gasteiger charge is -2.11. The largest absolute Gasteiger partial charge is 0.416 e. The van der Waals surface area contributed by atoms with Crippen LogP contribution in [-0.2, 0) is 6.18 Å². The lowest BCUT2D eigenvalue weighted by Crippen LogP contribution is -2.10. The summed E-state index contributed by atoms with van der Waals surface area (Å²) in [6.07, 6.45) is -2.10. The number of halogens is 3. The molecule has 0 radical (unpaired) electrons. The van der Waals surface area contributed by atoms with Gasteiger partial charge in [0.05, 0.1) is 5.56 Å². The molecular formula is C11H12F3N. The van der Waals surface area contributed by atoms with Crippen LogP contribution in [0.5, 0.6) is 0 Å². The number of hydrogen-bond acceptors (Lipinski definition) is 1. The van der Waals surface area contributed by atoms with Crippen LogP contribution in [0.3, 0.4) is 0 Å². The second-order valence-corrected chi connectivity index (χ2v) is 3.25. The molecule has 1 nitrogen and oxygen atoms in total. The van der Waals surface area contributed by atoms with Crippen molar-refractivity contribution >= 4 is 0 Å². The Bertz CT molecular complexity index is 327. The highest BCUT2D eigenvalue weighted by atomic mass is 19.4. The lowest BCUT2D eigenvalue weighted by atomic mass is 10.0. The predicted octanol–water partition coefficient (Wildman–Crippen LogP) is 3.28. The fourth-order valence-corrected chi connectivity index (χ4v) is 1.23. The van der Waals surface area contributed by atoms with Crippen molar-refractivity contribution < 1.29 is 13.2 Å². The molecule has 0 fully saturated rings. The maximum atomic E-state index is 12.2. The second-order valence-electron chi connectivity index (χ2n) is 3.25. The Balaban J connectivity index is 2.85. The summed E-state index contributed by atoms with van der Waals surface area (Å²) >= 11 is 0. The molecule has 0 aliphatic carbocycles. The van der Waals surface area contributed by atoms with Crippen LogP contribution in [0.4, 0.5) is 13.2 Å². The lowest BCUT2D eigenvalue weighted by molar-refractivity contribution is -0.137. The van der Waals surface area contributed by atoms with Crippen LogP contribution >= 0.6 is 0 Å². The van der Waals surface area contributed by atoms with Gasteiger partial charge in [0.1, 0.15) is 0 Å². The number of rotatable bonds is 3. The Morgan fingerprint density at radius 3 is 2.20 bits per heavy atom. The van der Waals surface area contributed by atoms with E-state index in [2.05, 4.69) is 6.58 Å². The first kappa shape index (κ1) is 11.8. The van der Waals surface area contributed by atoms with Gasteiger partial charge < -0.3 is 5.73 Å². The van der Waals surface area contributed by atoms with Crippen LogP contribution in [0.25, 0.3) is 0 Å². The Kier molecular flexibility index (Phi) is 3.52. The van der Waals surface area contributed by atoms with E-state index < -0.39 is 11.7 Å². The van der Waals surface area contributed by atoms with Crippen LogP contribution < -0.4 is 5.73 Å². The maximum Gasteiger partial charge on any atom is 0.416 e. The number of nitrogens with two attached hydrogens (primary N) is 1. The molecule has 0 amide bonds. The van der Waals surface area contributed by atoms with Crippen LogP contribution in [0.1, 0.15) is 23.6 Å². The van der Waals surface area contributed by atoms with E-state index in [1.165, 1.54) is 12.1 Å². The van der Waals surface area contributed by atoms with Gasteiger partial charge in [0.2, 0.25) is 0 Å². The second kappa shape index (κ2) is 4.49. The molecule has 0 spiro atoms. The smallest absolute Gasteiger partial charge is 0.324 e. The molecule has 0 saturated heterocycles. The van der Waals surface area contributed by atoms with E-state index in [0.29, 0.717) is 12.0 Å². The fourth-order valence-electron chi connectivity index (χ4n) is 1.23. The normalized spacial score (nSPS) is 13.6. The van der Waals surface area contributed by atoms with E-state index in [1.807, 2.05) is 0 Å². The van der Waals surface area contributed by atoms with Gasteiger partial charge >= 0.3 is 6.18 Å². The maximum absolute atomic E-state index is 12.2. The van der Waals surface area contributed by atoms with Gasteiger partial charge in [-0.25, -0.2) is 0 Å². The van der Waals surface area contributed by atoms with Crippen molar-refractivity contribution in [3.05, 3.63) is 48.0 Å². The zero-order valence-corrected chi connectivity index (χ0v) is 8.09. The van der Waals surface area contributed by atoms with Crippen LogP contribution in [0, 0.1) is 0 Å². The van der Waals surface area contributed by atoms with Crippen molar-refractivity contribution in [3.63, 3.8) is 0 Å². The highest BCUT2D eigenvalue weighted by Gasteiger charge is 2.30. The Hall–Kier alpha value is -1.29. The standard InChI is InChI=1S/C11H12F3N/c1-2-3-10(15)8-4-6-9(7-5-8)11(12,13)14/h2,4-7,10H,1,3,15H2/t10-/m1/s1. The van der Waals surface area contributed by atoms with Gasteiger partial charge in [0.25, 0.3) is 0 Å². The summed E-state index contributed by atoms with van der Waals surface area (Å²) in [7, 11) is 0. The molecular weight excluding hydrogens is 203 g/mol. The van der Waals surface area contributed by atoms with Crippen molar-refractivity contribution in [1.29, 1.82) is 0 Å². The monoisotopic (exact) mass is 215 g/mol. The zero-order chi connectivity index (χ0) is 11.5.